The van der Waals surface area contributed by atoms with Crippen LogP contribution < -0.4 is 5.32 Å². The monoisotopic (exact) mass is 309 g/mol. The summed E-state index contributed by atoms with van der Waals surface area (Å²) < 4.78 is 24.9. The molecular weight excluding hydrogens is 286 g/mol. The van der Waals surface area contributed by atoms with Crippen LogP contribution in [-0.4, -0.2) is 19.6 Å². The Kier molecular flexibility index (Phi) is 5.39. The third-order valence-corrected chi connectivity index (χ3v) is 6.24. The van der Waals surface area contributed by atoms with E-state index in [1.807, 2.05) is 6.92 Å². The summed E-state index contributed by atoms with van der Waals surface area (Å²) in [7, 11) is -3.18. The summed E-state index contributed by atoms with van der Waals surface area (Å²) in [6, 6.07) is 6.89. The lowest BCUT2D eigenvalue weighted by Gasteiger charge is -2.11. The Hall–Kier alpha value is -1.36. The van der Waals surface area contributed by atoms with Gasteiger partial charge < -0.3 is 5.32 Å². The summed E-state index contributed by atoms with van der Waals surface area (Å²) in [4.78, 5) is 11.8. The number of benzene rings is 1. The van der Waals surface area contributed by atoms with E-state index in [-0.39, 0.29) is 11.2 Å². The van der Waals surface area contributed by atoms with Crippen molar-refractivity contribution in [1.82, 2.24) is 5.32 Å². The maximum Gasteiger partial charge on any atom is 0.220 e. The van der Waals surface area contributed by atoms with Gasteiger partial charge >= 0.3 is 0 Å². The molecule has 0 aliphatic heterocycles. The highest BCUT2D eigenvalue weighted by Gasteiger charge is 2.29. The zero-order valence-electron chi connectivity index (χ0n) is 12.5. The van der Waals surface area contributed by atoms with Gasteiger partial charge in [-0.25, -0.2) is 8.42 Å². The molecule has 1 saturated carbocycles. The third kappa shape index (κ3) is 4.06. The largest absolute Gasteiger partial charge is 0.352 e. The molecule has 0 saturated heterocycles. The fourth-order valence-electron chi connectivity index (χ4n) is 2.70. The van der Waals surface area contributed by atoms with Crippen molar-refractivity contribution in [2.24, 2.45) is 0 Å². The fraction of sp³-hybridized carbons (Fsp3) is 0.562. The highest BCUT2D eigenvalue weighted by atomic mass is 32.2. The Morgan fingerprint density at radius 1 is 1.19 bits per heavy atom. The molecule has 0 spiro atoms. The molecule has 1 aliphatic carbocycles. The van der Waals surface area contributed by atoms with Crippen LogP contribution in [0.5, 0.6) is 0 Å². The minimum absolute atomic E-state index is 0.0279. The van der Waals surface area contributed by atoms with E-state index in [4.69, 9.17) is 0 Å². The van der Waals surface area contributed by atoms with Crippen molar-refractivity contribution in [3.63, 3.8) is 0 Å². The molecular formula is C16H23NO3S. The first kappa shape index (κ1) is 16.0. The molecule has 5 heteroatoms. The van der Waals surface area contributed by atoms with Gasteiger partial charge in [0.15, 0.2) is 9.84 Å². The molecule has 1 aromatic rings. The lowest BCUT2D eigenvalue weighted by Crippen LogP contribution is -2.22. The van der Waals surface area contributed by atoms with Gasteiger partial charge in [-0.05, 0) is 37.0 Å². The van der Waals surface area contributed by atoms with E-state index in [2.05, 4.69) is 5.32 Å². The van der Waals surface area contributed by atoms with Gasteiger partial charge in [0, 0.05) is 13.0 Å². The van der Waals surface area contributed by atoms with E-state index in [0.29, 0.717) is 17.9 Å². The highest BCUT2D eigenvalue weighted by molar-refractivity contribution is 7.92. The summed E-state index contributed by atoms with van der Waals surface area (Å²) in [6.07, 6.45) is 4.91. The van der Waals surface area contributed by atoms with Crippen LogP contribution in [0.15, 0.2) is 29.2 Å². The number of nitrogens with one attached hydrogen (secondary N) is 1. The molecule has 1 N–H and O–H groups in total. The van der Waals surface area contributed by atoms with Crippen molar-refractivity contribution < 1.29 is 13.2 Å². The second-order valence-corrected chi connectivity index (χ2v) is 7.85. The van der Waals surface area contributed by atoms with Crippen molar-refractivity contribution in [2.75, 3.05) is 0 Å². The zero-order valence-corrected chi connectivity index (χ0v) is 13.3. The molecule has 0 unspecified atom stereocenters. The molecule has 21 heavy (non-hydrogen) atoms. The maximum atomic E-state index is 12.4. The van der Waals surface area contributed by atoms with Gasteiger partial charge in [-0.1, -0.05) is 31.9 Å². The quantitative estimate of drug-likeness (QED) is 0.879. The van der Waals surface area contributed by atoms with Gasteiger partial charge in [-0.2, -0.15) is 0 Å². The first-order valence-electron chi connectivity index (χ1n) is 7.63. The lowest BCUT2D eigenvalue weighted by atomic mass is 10.2. The molecule has 4 nitrogen and oxygen atoms in total. The van der Waals surface area contributed by atoms with E-state index < -0.39 is 9.84 Å². The molecule has 1 amide bonds. The van der Waals surface area contributed by atoms with Gasteiger partial charge in [0.1, 0.15) is 0 Å². The standard InChI is InChI=1S/C16H23NO3S/c1-2-5-16(18)17-12-13-8-10-15(11-9-13)21(19,20)14-6-3-4-7-14/h8-11,14H,2-7,12H2,1H3,(H,17,18). The van der Waals surface area contributed by atoms with Crippen molar-refractivity contribution in [2.45, 2.75) is 62.1 Å². The number of amides is 1. The van der Waals surface area contributed by atoms with Gasteiger partial charge in [-0.15, -0.1) is 0 Å². The maximum absolute atomic E-state index is 12.4. The first-order valence-corrected chi connectivity index (χ1v) is 9.18. The number of hydrogen-bond donors (Lipinski definition) is 1. The number of carbonyl (C=O) groups is 1. The Morgan fingerprint density at radius 3 is 2.38 bits per heavy atom. The average Bonchev–Trinajstić information content (AvgIpc) is 3.01. The Labute approximate surface area is 126 Å². The third-order valence-electron chi connectivity index (χ3n) is 3.96. The van der Waals surface area contributed by atoms with Crippen LogP contribution in [0.3, 0.4) is 0 Å². The van der Waals surface area contributed by atoms with E-state index in [0.717, 1.165) is 37.7 Å². The second-order valence-electron chi connectivity index (χ2n) is 5.62. The number of carbonyl (C=O) groups excluding carboxylic acids is 1. The van der Waals surface area contributed by atoms with Gasteiger partial charge in [0.2, 0.25) is 5.91 Å². The van der Waals surface area contributed by atoms with Crippen LogP contribution in [0, 0.1) is 0 Å². The number of hydrogen-bond acceptors (Lipinski definition) is 3. The van der Waals surface area contributed by atoms with Crippen molar-refractivity contribution in [3.8, 4) is 0 Å². The number of rotatable bonds is 6. The van der Waals surface area contributed by atoms with Gasteiger partial charge in [0.25, 0.3) is 0 Å². The summed E-state index contributed by atoms with van der Waals surface area (Å²) in [5.74, 6) is 0.0279. The van der Waals surface area contributed by atoms with Crippen LogP contribution in [-0.2, 0) is 21.2 Å². The zero-order chi connectivity index (χ0) is 15.3. The molecule has 0 radical (unpaired) electrons. The highest BCUT2D eigenvalue weighted by Crippen LogP contribution is 2.29. The smallest absolute Gasteiger partial charge is 0.220 e. The van der Waals surface area contributed by atoms with Crippen LogP contribution in [0.25, 0.3) is 0 Å². The van der Waals surface area contributed by atoms with Gasteiger partial charge in [-0.3, -0.25) is 4.79 Å². The summed E-state index contributed by atoms with van der Waals surface area (Å²) in [5, 5.41) is 2.61. The minimum atomic E-state index is -3.18. The topological polar surface area (TPSA) is 63.2 Å². The molecule has 2 rings (SSSR count). The van der Waals surface area contributed by atoms with Crippen LogP contribution in [0.1, 0.15) is 51.0 Å². The van der Waals surface area contributed by atoms with E-state index in [9.17, 15) is 13.2 Å². The fourth-order valence-corrected chi connectivity index (χ4v) is 4.56. The molecule has 116 valence electrons. The minimum Gasteiger partial charge on any atom is -0.352 e. The molecule has 1 aromatic carbocycles. The van der Waals surface area contributed by atoms with Crippen molar-refractivity contribution in [3.05, 3.63) is 29.8 Å². The van der Waals surface area contributed by atoms with Gasteiger partial charge in [0.05, 0.1) is 10.1 Å². The molecule has 0 bridgehead atoms. The average molecular weight is 309 g/mol. The lowest BCUT2D eigenvalue weighted by molar-refractivity contribution is -0.121. The molecule has 0 aromatic heterocycles. The Morgan fingerprint density at radius 2 is 1.81 bits per heavy atom. The summed E-state index contributed by atoms with van der Waals surface area (Å²) in [6.45, 7) is 2.41. The van der Waals surface area contributed by atoms with Crippen molar-refractivity contribution >= 4 is 15.7 Å². The summed E-state index contributed by atoms with van der Waals surface area (Å²) >= 11 is 0. The first-order chi connectivity index (χ1) is 10.0. The predicted octanol–water partition coefficient (Wildman–Crippen LogP) is 2.82. The molecule has 1 fully saturated rings. The van der Waals surface area contributed by atoms with Crippen LogP contribution >= 0.6 is 0 Å². The SMILES string of the molecule is CCCC(=O)NCc1ccc(S(=O)(=O)C2CCCC2)cc1. The molecule has 1 aliphatic rings. The van der Waals surface area contributed by atoms with E-state index in [1.165, 1.54) is 0 Å². The Balaban J connectivity index is 2.00. The molecule has 0 heterocycles. The summed E-state index contributed by atoms with van der Waals surface area (Å²) in [5.41, 5.74) is 0.921. The molecule has 0 atom stereocenters. The van der Waals surface area contributed by atoms with E-state index >= 15 is 0 Å². The van der Waals surface area contributed by atoms with Crippen LogP contribution in [0.2, 0.25) is 0 Å². The Bertz CT molecular complexity index is 572. The van der Waals surface area contributed by atoms with Crippen molar-refractivity contribution in [1.29, 1.82) is 0 Å². The number of sulfone groups is 1. The normalized spacial score (nSPS) is 16.0. The van der Waals surface area contributed by atoms with E-state index in [1.54, 1.807) is 24.3 Å². The van der Waals surface area contributed by atoms with Crippen LogP contribution in [0.4, 0.5) is 0 Å². The predicted molar refractivity (Wildman–Crippen MR) is 82.6 cm³/mol. The second kappa shape index (κ2) is 7.07.